The third-order valence-electron chi connectivity index (χ3n) is 4.81. The number of ketones is 1. The van der Waals surface area contributed by atoms with Gasteiger partial charge in [-0.3, -0.25) is 4.79 Å². The van der Waals surface area contributed by atoms with E-state index < -0.39 is 5.60 Å². The maximum atomic E-state index is 12.2. The fourth-order valence-electron chi connectivity index (χ4n) is 3.47. The van der Waals surface area contributed by atoms with Gasteiger partial charge in [0, 0.05) is 12.0 Å². The highest BCUT2D eigenvalue weighted by Gasteiger charge is 2.47. The molecule has 2 atom stereocenters. The van der Waals surface area contributed by atoms with Gasteiger partial charge in [0.1, 0.15) is 17.1 Å². The van der Waals surface area contributed by atoms with Crippen LogP contribution in [0.2, 0.25) is 0 Å². The molecule has 0 radical (unpaired) electrons. The summed E-state index contributed by atoms with van der Waals surface area (Å²) in [7, 11) is 1.60. The number of rotatable bonds is 6. The van der Waals surface area contributed by atoms with Crippen LogP contribution in [0, 0.1) is 5.92 Å². The smallest absolute Gasteiger partial charge is 0.189 e. The van der Waals surface area contributed by atoms with Gasteiger partial charge in [-0.25, -0.2) is 0 Å². The minimum atomic E-state index is -0.518. The van der Waals surface area contributed by atoms with Gasteiger partial charge < -0.3 is 19.9 Å². The molecule has 1 saturated heterocycles. The Balaban J connectivity index is 1.77. The van der Waals surface area contributed by atoms with Crippen LogP contribution < -0.4 is 10.5 Å². The van der Waals surface area contributed by atoms with E-state index in [1.807, 2.05) is 18.2 Å². The van der Waals surface area contributed by atoms with Crippen molar-refractivity contribution < 1.29 is 19.0 Å². The van der Waals surface area contributed by atoms with Gasteiger partial charge in [-0.1, -0.05) is 12.1 Å². The predicted molar refractivity (Wildman–Crippen MR) is 91.5 cm³/mol. The van der Waals surface area contributed by atoms with Crippen molar-refractivity contribution in [2.45, 2.75) is 31.3 Å². The Morgan fingerprint density at radius 1 is 1.50 bits per heavy atom. The number of carbonyl (C=O) groups is 1. The number of hydrogen-bond acceptors (Lipinski definition) is 5. The molecular weight excluding hydrogens is 306 g/mol. The first kappa shape index (κ1) is 16.6. The second kappa shape index (κ2) is 6.69. The molecule has 1 aliphatic carbocycles. The molecule has 3 rings (SSSR count). The summed E-state index contributed by atoms with van der Waals surface area (Å²) in [6, 6.07) is 5.79. The first-order chi connectivity index (χ1) is 11.6. The van der Waals surface area contributed by atoms with E-state index in [-0.39, 0.29) is 18.5 Å². The molecule has 128 valence electrons. The molecule has 1 fully saturated rings. The van der Waals surface area contributed by atoms with Crippen LogP contribution >= 0.6 is 0 Å². The lowest BCUT2D eigenvalue weighted by Gasteiger charge is -2.33. The summed E-state index contributed by atoms with van der Waals surface area (Å²) < 4.78 is 16.7. The minimum absolute atomic E-state index is 0.0890. The summed E-state index contributed by atoms with van der Waals surface area (Å²) in [6.07, 6.45) is 6.20. The Kier molecular flexibility index (Phi) is 4.62. The van der Waals surface area contributed by atoms with E-state index >= 15 is 0 Å². The Morgan fingerprint density at radius 3 is 3.04 bits per heavy atom. The minimum Gasteiger partial charge on any atom is -0.495 e. The summed E-state index contributed by atoms with van der Waals surface area (Å²) in [5.74, 6) is 1.34. The van der Waals surface area contributed by atoms with Crippen molar-refractivity contribution in [1.29, 1.82) is 0 Å². The van der Waals surface area contributed by atoms with E-state index in [2.05, 4.69) is 6.58 Å². The number of methoxy groups -OCH3 is 1. The third-order valence-corrected chi connectivity index (χ3v) is 4.81. The first-order valence-electron chi connectivity index (χ1n) is 8.14. The zero-order valence-electron chi connectivity index (χ0n) is 13.9. The van der Waals surface area contributed by atoms with Gasteiger partial charge in [0.25, 0.3) is 0 Å². The number of carbonyl (C=O) groups excluding carboxylic acids is 1. The van der Waals surface area contributed by atoms with E-state index in [0.29, 0.717) is 30.0 Å². The Labute approximate surface area is 142 Å². The van der Waals surface area contributed by atoms with Gasteiger partial charge >= 0.3 is 0 Å². The Bertz CT molecular complexity index is 682. The maximum Gasteiger partial charge on any atom is 0.189 e. The lowest BCUT2D eigenvalue weighted by molar-refractivity contribution is -0.121. The van der Waals surface area contributed by atoms with Crippen LogP contribution in [0.3, 0.4) is 0 Å². The zero-order chi connectivity index (χ0) is 17.2. The molecular formula is C19H23NO4. The van der Waals surface area contributed by atoms with E-state index in [4.69, 9.17) is 19.9 Å². The highest BCUT2D eigenvalue weighted by atomic mass is 16.7. The highest BCUT2D eigenvalue weighted by molar-refractivity contribution is 5.93. The fraction of sp³-hybridized carbons (Fsp3) is 0.421. The molecule has 1 heterocycles. The van der Waals surface area contributed by atoms with E-state index in [0.717, 1.165) is 18.4 Å². The van der Waals surface area contributed by atoms with Crippen LogP contribution in [-0.4, -0.2) is 25.3 Å². The van der Waals surface area contributed by atoms with E-state index in [9.17, 15) is 4.79 Å². The Morgan fingerprint density at radius 2 is 2.33 bits per heavy atom. The summed E-state index contributed by atoms with van der Waals surface area (Å²) in [6.45, 7) is 3.95. The molecule has 0 bridgehead atoms. The number of hydrogen-bond donors (Lipinski definition) is 1. The van der Waals surface area contributed by atoms with Crippen molar-refractivity contribution in [2.75, 3.05) is 19.6 Å². The Hall–Kier alpha value is -2.27. The van der Waals surface area contributed by atoms with Crippen molar-refractivity contribution in [3.8, 4) is 5.75 Å². The van der Waals surface area contributed by atoms with Gasteiger partial charge in [0.15, 0.2) is 12.6 Å². The van der Waals surface area contributed by atoms with Gasteiger partial charge in [0.05, 0.1) is 12.8 Å². The molecule has 1 aromatic rings. The number of fused-ring (bicyclic) bond motifs is 1. The van der Waals surface area contributed by atoms with Crippen molar-refractivity contribution >= 4 is 11.5 Å². The molecule has 0 amide bonds. The van der Waals surface area contributed by atoms with Crippen molar-refractivity contribution in [2.24, 2.45) is 5.92 Å². The SMILES string of the molecule is C=CC[C@H]1C[C@]2(CCc3ccc(OC)c(N)c3)OCOC2=CC1=O. The second-order valence-corrected chi connectivity index (χ2v) is 6.31. The lowest BCUT2D eigenvalue weighted by Crippen LogP contribution is -2.39. The number of nitrogens with two attached hydrogens (primary N) is 1. The van der Waals surface area contributed by atoms with Crippen LogP contribution in [0.25, 0.3) is 0 Å². The quantitative estimate of drug-likeness (QED) is 0.642. The third kappa shape index (κ3) is 3.04. The number of allylic oxidation sites excluding steroid dienone is 2. The highest BCUT2D eigenvalue weighted by Crippen LogP contribution is 2.43. The molecule has 5 heteroatoms. The molecule has 2 N–H and O–H groups in total. The van der Waals surface area contributed by atoms with Gasteiger partial charge in [0.2, 0.25) is 0 Å². The van der Waals surface area contributed by atoms with Crippen LogP contribution in [0.1, 0.15) is 24.8 Å². The van der Waals surface area contributed by atoms with Crippen LogP contribution in [-0.2, 0) is 20.7 Å². The number of nitrogen functional groups attached to an aromatic ring is 1. The normalized spacial score (nSPS) is 25.6. The molecule has 0 saturated carbocycles. The average Bonchev–Trinajstić information content (AvgIpc) is 2.96. The molecule has 1 aromatic carbocycles. The number of ether oxygens (including phenoxy) is 3. The molecule has 0 aromatic heterocycles. The molecule has 2 aliphatic rings. The fourth-order valence-corrected chi connectivity index (χ4v) is 3.47. The predicted octanol–water partition coefficient (Wildman–Crippen LogP) is 3.00. The van der Waals surface area contributed by atoms with Crippen molar-refractivity contribution in [1.82, 2.24) is 0 Å². The van der Waals surface area contributed by atoms with Crippen LogP contribution in [0.4, 0.5) is 5.69 Å². The van der Waals surface area contributed by atoms with Gasteiger partial charge in [-0.15, -0.1) is 6.58 Å². The summed E-state index contributed by atoms with van der Waals surface area (Å²) >= 11 is 0. The maximum absolute atomic E-state index is 12.2. The van der Waals surface area contributed by atoms with Crippen molar-refractivity contribution in [3.63, 3.8) is 0 Å². The average molecular weight is 329 g/mol. The van der Waals surface area contributed by atoms with Crippen LogP contribution in [0.15, 0.2) is 42.7 Å². The molecule has 0 unspecified atom stereocenters. The largest absolute Gasteiger partial charge is 0.495 e. The first-order valence-corrected chi connectivity index (χ1v) is 8.14. The van der Waals surface area contributed by atoms with Crippen molar-refractivity contribution in [3.05, 3.63) is 48.3 Å². The number of anilines is 1. The lowest BCUT2D eigenvalue weighted by atomic mass is 9.76. The summed E-state index contributed by atoms with van der Waals surface area (Å²) in [5.41, 5.74) is 7.19. The second-order valence-electron chi connectivity index (χ2n) is 6.31. The number of benzene rings is 1. The number of aryl methyl sites for hydroxylation is 1. The molecule has 0 spiro atoms. The molecule has 1 aliphatic heterocycles. The van der Waals surface area contributed by atoms with Crippen LogP contribution in [0.5, 0.6) is 5.75 Å². The zero-order valence-corrected chi connectivity index (χ0v) is 13.9. The summed E-state index contributed by atoms with van der Waals surface area (Å²) in [4.78, 5) is 12.2. The van der Waals surface area contributed by atoms with Gasteiger partial charge in [-0.2, -0.15) is 0 Å². The molecule has 5 nitrogen and oxygen atoms in total. The molecule has 24 heavy (non-hydrogen) atoms. The van der Waals surface area contributed by atoms with E-state index in [1.54, 1.807) is 19.3 Å². The van der Waals surface area contributed by atoms with Gasteiger partial charge in [-0.05, 0) is 43.4 Å². The summed E-state index contributed by atoms with van der Waals surface area (Å²) in [5, 5.41) is 0. The topological polar surface area (TPSA) is 70.8 Å². The van der Waals surface area contributed by atoms with E-state index in [1.165, 1.54) is 0 Å². The standard InChI is InChI=1S/C19H23NO4/c1-3-4-14-11-19(18(10-16(14)21)23-12-24-19)8-7-13-5-6-17(22-2)15(20)9-13/h3,5-6,9-10,14H,1,4,7-8,11-12,20H2,2H3/t14-,19-/m0/s1. The monoisotopic (exact) mass is 329 g/mol.